The van der Waals surface area contributed by atoms with Crippen LogP contribution in [0.5, 0.6) is 0 Å². The predicted octanol–water partition coefficient (Wildman–Crippen LogP) is 2.00. The Bertz CT molecular complexity index is 527. The summed E-state index contributed by atoms with van der Waals surface area (Å²) in [5.74, 6) is 0.465. The van der Waals surface area contributed by atoms with E-state index in [-0.39, 0.29) is 17.5 Å². The fourth-order valence-corrected chi connectivity index (χ4v) is 3.59. The van der Waals surface area contributed by atoms with Crippen molar-refractivity contribution in [2.24, 2.45) is 11.3 Å². The largest absolute Gasteiger partial charge is 0.377 e. The molecule has 3 unspecified atom stereocenters. The van der Waals surface area contributed by atoms with Crippen LogP contribution in [0.1, 0.15) is 31.5 Å². The molecule has 5 nitrogen and oxygen atoms in total. The maximum atomic E-state index is 12.1. The van der Waals surface area contributed by atoms with E-state index < -0.39 is 0 Å². The number of hydrogen-bond donors (Lipinski definition) is 2. The van der Waals surface area contributed by atoms with Crippen LogP contribution in [0, 0.1) is 18.3 Å². The molecule has 3 atom stereocenters. The summed E-state index contributed by atoms with van der Waals surface area (Å²) in [5, 5.41) is 6.01. The third kappa shape index (κ3) is 2.62. The fraction of sp³-hybridized carbons (Fsp3) is 0.625. The lowest BCUT2D eigenvalue weighted by Crippen LogP contribution is -2.67. The van der Waals surface area contributed by atoms with E-state index in [4.69, 9.17) is 4.74 Å². The Hall–Kier alpha value is -1.62. The Morgan fingerprint density at radius 1 is 1.48 bits per heavy atom. The van der Waals surface area contributed by atoms with Gasteiger partial charge in [-0.2, -0.15) is 0 Å². The Morgan fingerprint density at radius 3 is 3.00 bits per heavy atom. The van der Waals surface area contributed by atoms with Gasteiger partial charge in [0.1, 0.15) is 0 Å². The fourth-order valence-electron chi connectivity index (χ4n) is 3.59. The molecule has 2 aliphatic rings. The molecule has 2 amide bonds. The predicted molar refractivity (Wildman–Crippen MR) is 79.8 cm³/mol. The highest BCUT2D eigenvalue weighted by Gasteiger charge is 2.59. The molecule has 21 heavy (non-hydrogen) atoms. The van der Waals surface area contributed by atoms with Gasteiger partial charge in [0, 0.05) is 42.4 Å². The Labute approximate surface area is 125 Å². The van der Waals surface area contributed by atoms with Gasteiger partial charge in [-0.25, -0.2) is 4.79 Å². The Kier molecular flexibility index (Phi) is 3.61. The number of urea groups is 1. The minimum absolute atomic E-state index is 0.0178. The molecule has 0 radical (unpaired) electrons. The second-order valence-corrected chi connectivity index (χ2v) is 6.68. The van der Waals surface area contributed by atoms with Gasteiger partial charge in [-0.15, -0.1) is 0 Å². The maximum absolute atomic E-state index is 12.1. The topological polar surface area (TPSA) is 63.2 Å². The van der Waals surface area contributed by atoms with E-state index in [9.17, 15) is 4.79 Å². The van der Waals surface area contributed by atoms with E-state index in [0.717, 1.165) is 24.3 Å². The van der Waals surface area contributed by atoms with Crippen molar-refractivity contribution in [1.82, 2.24) is 15.6 Å². The molecule has 0 bridgehead atoms. The van der Waals surface area contributed by atoms with Gasteiger partial charge in [0.05, 0.1) is 6.10 Å². The SMILES string of the molecule is Cc1ccc(CNC(=O)NC2C3CCOC3C2(C)C)cn1. The third-order valence-electron chi connectivity index (χ3n) is 4.81. The summed E-state index contributed by atoms with van der Waals surface area (Å²) >= 11 is 0. The molecule has 0 aromatic carbocycles. The number of hydrogen-bond acceptors (Lipinski definition) is 3. The average molecular weight is 289 g/mol. The van der Waals surface area contributed by atoms with E-state index in [0.29, 0.717) is 18.6 Å². The van der Waals surface area contributed by atoms with Gasteiger partial charge in [-0.3, -0.25) is 4.98 Å². The Morgan fingerprint density at radius 2 is 2.29 bits per heavy atom. The van der Waals surface area contributed by atoms with Crippen LogP contribution in [-0.2, 0) is 11.3 Å². The lowest BCUT2D eigenvalue weighted by atomic mass is 9.57. The van der Waals surface area contributed by atoms with Crippen molar-refractivity contribution in [2.75, 3.05) is 6.61 Å². The number of ether oxygens (including phenoxy) is 1. The molecule has 1 aliphatic carbocycles. The maximum Gasteiger partial charge on any atom is 0.315 e. The smallest absolute Gasteiger partial charge is 0.315 e. The zero-order chi connectivity index (χ0) is 15.0. The monoisotopic (exact) mass is 289 g/mol. The summed E-state index contributed by atoms with van der Waals surface area (Å²) in [7, 11) is 0. The highest BCUT2D eigenvalue weighted by Crippen LogP contribution is 2.51. The molecule has 1 saturated heterocycles. The van der Waals surface area contributed by atoms with Gasteiger partial charge in [-0.05, 0) is 25.0 Å². The third-order valence-corrected chi connectivity index (χ3v) is 4.81. The number of pyridine rings is 1. The number of fused-ring (bicyclic) bond motifs is 1. The summed E-state index contributed by atoms with van der Waals surface area (Å²) in [6.45, 7) is 7.58. The van der Waals surface area contributed by atoms with Crippen molar-refractivity contribution in [1.29, 1.82) is 0 Å². The van der Waals surface area contributed by atoms with E-state index in [1.54, 1.807) is 6.20 Å². The van der Waals surface area contributed by atoms with Crippen LogP contribution in [0.15, 0.2) is 18.3 Å². The minimum Gasteiger partial charge on any atom is -0.377 e. The zero-order valence-corrected chi connectivity index (χ0v) is 12.8. The molecular formula is C16H23N3O2. The number of carbonyl (C=O) groups excluding carboxylic acids is 1. The molecule has 2 fully saturated rings. The molecule has 2 N–H and O–H groups in total. The summed E-state index contributed by atoms with van der Waals surface area (Å²) in [6.07, 6.45) is 3.13. The number of aromatic nitrogens is 1. The van der Waals surface area contributed by atoms with Crippen LogP contribution < -0.4 is 10.6 Å². The van der Waals surface area contributed by atoms with Gasteiger partial charge in [-0.1, -0.05) is 19.9 Å². The van der Waals surface area contributed by atoms with E-state index in [2.05, 4.69) is 29.5 Å². The van der Waals surface area contributed by atoms with Crippen molar-refractivity contribution in [3.05, 3.63) is 29.6 Å². The van der Waals surface area contributed by atoms with Crippen molar-refractivity contribution >= 4 is 6.03 Å². The number of carbonyl (C=O) groups is 1. The molecule has 3 rings (SSSR count). The lowest BCUT2D eigenvalue weighted by molar-refractivity contribution is -0.108. The number of nitrogens with zero attached hydrogens (tertiary/aromatic N) is 1. The summed E-state index contributed by atoms with van der Waals surface area (Å²) in [6, 6.07) is 4.02. The molecule has 1 saturated carbocycles. The first-order valence-corrected chi connectivity index (χ1v) is 7.56. The second kappa shape index (κ2) is 5.30. The van der Waals surface area contributed by atoms with Crippen molar-refractivity contribution < 1.29 is 9.53 Å². The van der Waals surface area contributed by atoms with Gasteiger partial charge in [0.15, 0.2) is 0 Å². The second-order valence-electron chi connectivity index (χ2n) is 6.68. The standard InChI is InChI=1S/C16H23N3O2/c1-10-4-5-11(8-17-10)9-18-15(20)19-13-12-6-7-21-14(12)16(13,2)3/h4-5,8,12-14H,6-7,9H2,1-3H3,(H2,18,19,20). The molecule has 114 valence electrons. The minimum atomic E-state index is -0.112. The highest BCUT2D eigenvalue weighted by atomic mass is 16.5. The first kappa shape index (κ1) is 14.3. The quantitative estimate of drug-likeness (QED) is 0.894. The molecule has 1 aromatic heterocycles. The molecule has 1 aliphatic heterocycles. The number of amides is 2. The molecule has 5 heteroatoms. The Balaban J connectivity index is 1.51. The van der Waals surface area contributed by atoms with Crippen molar-refractivity contribution in [3.63, 3.8) is 0 Å². The van der Waals surface area contributed by atoms with Crippen LogP contribution >= 0.6 is 0 Å². The average Bonchev–Trinajstić information content (AvgIpc) is 2.91. The first-order valence-electron chi connectivity index (χ1n) is 7.56. The highest BCUT2D eigenvalue weighted by molar-refractivity contribution is 5.74. The van der Waals surface area contributed by atoms with Gasteiger partial charge < -0.3 is 15.4 Å². The van der Waals surface area contributed by atoms with E-state index in [1.807, 2.05) is 19.1 Å². The van der Waals surface area contributed by atoms with E-state index >= 15 is 0 Å². The van der Waals surface area contributed by atoms with Crippen molar-refractivity contribution in [2.45, 2.75) is 45.9 Å². The summed E-state index contributed by atoms with van der Waals surface area (Å²) in [4.78, 5) is 16.3. The van der Waals surface area contributed by atoms with Gasteiger partial charge >= 0.3 is 6.03 Å². The molecule has 0 spiro atoms. The summed E-state index contributed by atoms with van der Waals surface area (Å²) in [5.41, 5.74) is 2.00. The van der Waals surface area contributed by atoms with Crippen LogP contribution in [0.4, 0.5) is 4.79 Å². The summed E-state index contributed by atoms with van der Waals surface area (Å²) < 4.78 is 5.74. The first-order chi connectivity index (χ1) is 9.98. The van der Waals surface area contributed by atoms with E-state index in [1.165, 1.54) is 0 Å². The van der Waals surface area contributed by atoms with Crippen LogP contribution in [-0.4, -0.2) is 29.8 Å². The van der Waals surface area contributed by atoms with Crippen LogP contribution in [0.2, 0.25) is 0 Å². The number of nitrogens with one attached hydrogen (secondary N) is 2. The van der Waals surface area contributed by atoms with Gasteiger partial charge in [0.25, 0.3) is 0 Å². The van der Waals surface area contributed by atoms with Gasteiger partial charge in [0.2, 0.25) is 0 Å². The van der Waals surface area contributed by atoms with Crippen LogP contribution in [0.3, 0.4) is 0 Å². The number of rotatable bonds is 3. The van der Waals surface area contributed by atoms with Crippen LogP contribution in [0.25, 0.3) is 0 Å². The normalized spacial score (nSPS) is 29.4. The molecule has 2 heterocycles. The molecule has 1 aromatic rings. The number of aryl methyl sites for hydroxylation is 1. The van der Waals surface area contributed by atoms with Crippen molar-refractivity contribution in [3.8, 4) is 0 Å². The zero-order valence-electron chi connectivity index (χ0n) is 12.8. The molecular weight excluding hydrogens is 266 g/mol. The lowest BCUT2D eigenvalue weighted by Gasteiger charge is -2.54.